The molecule has 90 valence electrons. The van der Waals surface area contributed by atoms with Gasteiger partial charge >= 0.3 is 5.97 Å². The Labute approximate surface area is 101 Å². The first kappa shape index (κ1) is 11.7. The van der Waals surface area contributed by atoms with E-state index in [1.807, 2.05) is 30.3 Å². The zero-order valence-corrected chi connectivity index (χ0v) is 10.3. The molecule has 1 unspecified atom stereocenters. The van der Waals surface area contributed by atoms with Crippen molar-refractivity contribution in [2.45, 2.75) is 32.7 Å². The van der Waals surface area contributed by atoms with Gasteiger partial charge in [-0.05, 0) is 38.3 Å². The van der Waals surface area contributed by atoms with E-state index in [0.29, 0.717) is 0 Å². The molecule has 1 N–H and O–H groups in total. The lowest BCUT2D eigenvalue weighted by molar-refractivity contribution is -0.138. The lowest BCUT2D eigenvalue weighted by Crippen LogP contribution is -2.14. The van der Waals surface area contributed by atoms with Crippen molar-refractivity contribution in [3.8, 4) is 0 Å². The van der Waals surface area contributed by atoms with E-state index in [4.69, 9.17) is 5.11 Å². The number of aliphatic carboxylic acids is 1. The number of nitrogens with zero attached hydrogens (tertiary/aromatic N) is 1. The van der Waals surface area contributed by atoms with Gasteiger partial charge in [0.1, 0.15) is 0 Å². The third-order valence-corrected chi connectivity index (χ3v) is 3.11. The Morgan fingerprint density at radius 2 is 1.88 bits per heavy atom. The van der Waals surface area contributed by atoms with Gasteiger partial charge in [-0.15, -0.1) is 0 Å². The van der Waals surface area contributed by atoms with Gasteiger partial charge in [-0.3, -0.25) is 4.79 Å². The molecule has 17 heavy (non-hydrogen) atoms. The molecule has 1 aromatic heterocycles. The molecular formula is C14H17NO2. The van der Waals surface area contributed by atoms with Crippen LogP contribution in [-0.4, -0.2) is 15.6 Å². The lowest BCUT2D eigenvalue weighted by atomic mass is 10.1. The SMILES string of the molecule is CC(C(=O)O)c1cc2ccccc2n1C(C)C. The molecule has 0 fully saturated rings. The maximum absolute atomic E-state index is 11.1. The summed E-state index contributed by atoms with van der Waals surface area (Å²) < 4.78 is 2.11. The van der Waals surface area contributed by atoms with Crippen LogP contribution in [0.2, 0.25) is 0 Å². The molecular weight excluding hydrogens is 214 g/mol. The summed E-state index contributed by atoms with van der Waals surface area (Å²) in [5.74, 6) is -1.26. The Hall–Kier alpha value is -1.77. The third kappa shape index (κ3) is 1.93. The summed E-state index contributed by atoms with van der Waals surface area (Å²) in [6.45, 7) is 5.88. The Morgan fingerprint density at radius 1 is 1.24 bits per heavy atom. The van der Waals surface area contributed by atoms with Crippen LogP contribution in [-0.2, 0) is 4.79 Å². The van der Waals surface area contributed by atoms with E-state index in [2.05, 4.69) is 18.4 Å². The summed E-state index contributed by atoms with van der Waals surface area (Å²) in [4.78, 5) is 11.1. The number of hydrogen-bond acceptors (Lipinski definition) is 1. The van der Waals surface area contributed by atoms with Gasteiger partial charge in [0.05, 0.1) is 5.92 Å². The predicted octanol–water partition coefficient (Wildman–Crippen LogP) is 3.41. The zero-order chi connectivity index (χ0) is 12.6. The number of carboxylic acids is 1. The highest BCUT2D eigenvalue weighted by Crippen LogP contribution is 2.28. The average Bonchev–Trinajstić information content (AvgIpc) is 2.66. The van der Waals surface area contributed by atoms with Crippen LogP contribution < -0.4 is 0 Å². The monoisotopic (exact) mass is 231 g/mol. The van der Waals surface area contributed by atoms with Gasteiger partial charge in [-0.25, -0.2) is 0 Å². The van der Waals surface area contributed by atoms with Crippen molar-refractivity contribution in [1.82, 2.24) is 4.57 Å². The van der Waals surface area contributed by atoms with Crippen molar-refractivity contribution in [3.05, 3.63) is 36.0 Å². The quantitative estimate of drug-likeness (QED) is 0.879. The van der Waals surface area contributed by atoms with Gasteiger partial charge in [-0.2, -0.15) is 0 Å². The average molecular weight is 231 g/mol. The molecule has 0 bridgehead atoms. The fourth-order valence-electron chi connectivity index (χ4n) is 2.23. The van der Waals surface area contributed by atoms with Gasteiger partial charge in [0.15, 0.2) is 0 Å². The second-order valence-corrected chi connectivity index (χ2v) is 4.65. The van der Waals surface area contributed by atoms with E-state index in [9.17, 15) is 4.79 Å². The summed E-state index contributed by atoms with van der Waals surface area (Å²) in [5.41, 5.74) is 1.97. The number of hydrogen-bond donors (Lipinski definition) is 1. The van der Waals surface area contributed by atoms with Gasteiger partial charge in [-0.1, -0.05) is 18.2 Å². The predicted molar refractivity (Wildman–Crippen MR) is 68.4 cm³/mol. The summed E-state index contributed by atoms with van der Waals surface area (Å²) in [5, 5.41) is 10.3. The summed E-state index contributed by atoms with van der Waals surface area (Å²) in [7, 11) is 0. The van der Waals surface area contributed by atoms with Crippen molar-refractivity contribution < 1.29 is 9.90 Å². The molecule has 0 saturated carbocycles. The van der Waals surface area contributed by atoms with Crippen molar-refractivity contribution in [2.24, 2.45) is 0 Å². The number of para-hydroxylation sites is 1. The van der Waals surface area contributed by atoms with Crippen molar-refractivity contribution in [1.29, 1.82) is 0 Å². The second-order valence-electron chi connectivity index (χ2n) is 4.65. The minimum atomic E-state index is -0.783. The van der Waals surface area contributed by atoms with Crippen LogP contribution in [0.5, 0.6) is 0 Å². The highest BCUT2D eigenvalue weighted by Gasteiger charge is 2.21. The number of rotatable bonds is 3. The lowest BCUT2D eigenvalue weighted by Gasteiger charge is -2.16. The minimum absolute atomic E-state index is 0.256. The Kier molecular flexibility index (Phi) is 2.92. The first-order valence-corrected chi connectivity index (χ1v) is 5.85. The molecule has 1 atom stereocenters. The minimum Gasteiger partial charge on any atom is -0.481 e. The van der Waals surface area contributed by atoms with E-state index in [1.54, 1.807) is 6.92 Å². The first-order chi connectivity index (χ1) is 8.02. The standard InChI is InChI=1S/C14H17NO2/c1-9(2)15-12-7-5-4-6-11(12)8-13(15)10(3)14(16)17/h4-10H,1-3H3,(H,16,17). The van der Waals surface area contributed by atoms with Crippen LogP contribution in [0.3, 0.4) is 0 Å². The van der Waals surface area contributed by atoms with Gasteiger partial charge in [0, 0.05) is 17.3 Å². The number of fused-ring (bicyclic) bond motifs is 1. The number of carbonyl (C=O) groups is 1. The van der Waals surface area contributed by atoms with Crippen LogP contribution >= 0.6 is 0 Å². The molecule has 0 amide bonds. The maximum Gasteiger partial charge on any atom is 0.312 e. The summed E-state index contributed by atoms with van der Waals surface area (Å²) in [6, 6.07) is 10.2. The zero-order valence-electron chi connectivity index (χ0n) is 10.3. The fraction of sp³-hybridized carbons (Fsp3) is 0.357. The van der Waals surface area contributed by atoms with E-state index < -0.39 is 11.9 Å². The molecule has 2 rings (SSSR count). The molecule has 2 aromatic rings. The van der Waals surface area contributed by atoms with Crippen molar-refractivity contribution in [3.63, 3.8) is 0 Å². The van der Waals surface area contributed by atoms with Crippen LogP contribution in [0, 0.1) is 0 Å². The van der Waals surface area contributed by atoms with Crippen LogP contribution in [0.4, 0.5) is 0 Å². The van der Waals surface area contributed by atoms with Crippen LogP contribution in [0.15, 0.2) is 30.3 Å². The van der Waals surface area contributed by atoms with Crippen molar-refractivity contribution >= 4 is 16.9 Å². The number of carboxylic acid groups (broad SMARTS) is 1. The highest BCUT2D eigenvalue weighted by atomic mass is 16.4. The topological polar surface area (TPSA) is 42.2 Å². The molecule has 0 saturated heterocycles. The van der Waals surface area contributed by atoms with E-state index >= 15 is 0 Å². The van der Waals surface area contributed by atoms with Crippen molar-refractivity contribution in [2.75, 3.05) is 0 Å². The molecule has 0 aliphatic heterocycles. The smallest absolute Gasteiger partial charge is 0.312 e. The van der Waals surface area contributed by atoms with E-state index in [-0.39, 0.29) is 6.04 Å². The summed E-state index contributed by atoms with van der Waals surface area (Å²) in [6.07, 6.45) is 0. The molecule has 1 heterocycles. The highest BCUT2D eigenvalue weighted by molar-refractivity contribution is 5.84. The van der Waals surface area contributed by atoms with E-state index in [0.717, 1.165) is 16.6 Å². The largest absolute Gasteiger partial charge is 0.481 e. The normalized spacial score (nSPS) is 13.2. The molecule has 3 nitrogen and oxygen atoms in total. The second kappa shape index (κ2) is 4.24. The van der Waals surface area contributed by atoms with Gasteiger partial charge in [0.25, 0.3) is 0 Å². The number of benzene rings is 1. The Bertz CT molecular complexity index is 554. The molecule has 0 spiro atoms. The first-order valence-electron chi connectivity index (χ1n) is 5.85. The molecule has 0 aliphatic rings. The van der Waals surface area contributed by atoms with Gasteiger partial charge in [0.2, 0.25) is 0 Å². The molecule has 0 radical (unpaired) electrons. The number of aromatic nitrogens is 1. The van der Waals surface area contributed by atoms with E-state index in [1.165, 1.54) is 0 Å². The molecule has 1 aromatic carbocycles. The Balaban J connectivity index is 2.70. The fourth-order valence-corrected chi connectivity index (χ4v) is 2.23. The molecule has 3 heteroatoms. The molecule has 0 aliphatic carbocycles. The van der Waals surface area contributed by atoms with Gasteiger partial charge < -0.3 is 9.67 Å². The summed E-state index contributed by atoms with van der Waals surface area (Å²) >= 11 is 0. The maximum atomic E-state index is 11.1. The van der Waals surface area contributed by atoms with Crippen LogP contribution in [0.1, 0.15) is 38.4 Å². The van der Waals surface area contributed by atoms with Crippen LogP contribution in [0.25, 0.3) is 10.9 Å². The third-order valence-electron chi connectivity index (χ3n) is 3.11. The Morgan fingerprint density at radius 3 is 2.47 bits per heavy atom.